The van der Waals surface area contributed by atoms with E-state index in [0.29, 0.717) is 5.91 Å². The lowest BCUT2D eigenvalue weighted by Gasteiger charge is -2.35. The summed E-state index contributed by atoms with van der Waals surface area (Å²) in [6.07, 6.45) is 9.17. The predicted octanol–water partition coefficient (Wildman–Crippen LogP) is 4.76. The van der Waals surface area contributed by atoms with Gasteiger partial charge in [-0.05, 0) is 50.1 Å². The van der Waals surface area contributed by atoms with Crippen LogP contribution in [0.3, 0.4) is 0 Å². The van der Waals surface area contributed by atoms with Gasteiger partial charge in [-0.3, -0.25) is 9.69 Å². The highest BCUT2D eigenvalue weighted by Gasteiger charge is 2.20. The molecule has 0 spiro atoms. The zero-order valence-electron chi connectivity index (χ0n) is 17.0. The van der Waals surface area contributed by atoms with Crippen LogP contribution in [0.4, 0.5) is 0 Å². The third kappa shape index (κ3) is 8.35. The number of nitrogens with zero attached hydrogens (tertiary/aromatic N) is 2. The Morgan fingerprint density at radius 3 is 2.31 bits per heavy atom. The predicted molar refractivity (Wildman–Crippen MR) is 110 cm³/mol. The van der Waals surface area contributed by atoms with Crippen LogP contribution in [0.15, 0.2) is 30.3 Å². The van der Waals surface area contributed by atoms with Crippen LogP contribution < -0.4 is 0 Å². The quantitative estimate of drug-likeness (QED) is 0.533. The summed E-state index contributed by atoms with van der Waals surface area (Å²) in [4.78, 5) is 17.0. The van der Waals surface area contributed by atoms with Gasteiger partial charge in [0.25, 0.3) is 0 Å². The smallest absolute Gasteiger partial charge is 0.222 e. The van der Waals surface area contributed by atoms with Crippen molar-refractivity contribution < 1.29 is 4.79 Å². The number of carbonyl (C=O) groups is 1. The lowest BCUT2D eigenvalue weighted by molar-refractivity contribution is -0.133. The van der Waals surface area contributed by atoms with E-state index < -0.39 is 0 Å². The summed E-state index contributed by atoms with van der Waals surface area (Å²) in [5.41, 5.74) is 1.43. The van der Waals surface area contributed by atoms with Crippen molar-refractivity contribution in [1.29, 1.82) is 0 Å². The summed E-state index contributed by atoms with van der Waals surface area (Å²) >= 11 is 0. The van der Waals surface area contributed by atoms with Crippen LogP contribution in [0.2, 0.25) is 0 Å². The zero-order chi connectivity index (χ0) is 18.6. The van der Waals surface area contributed by atoms with E-state index in [0.717, 1.165) is 51.4 Å². The van der Waals surface area contributed by atoms with Crippen LogP contribution in [0.1, 0.15) is 64.4 Å². The Kier molecular flexibility index (Phi) is 9.76. The van der Waals surface area contributed by atoms with Gasteiger partial charge in [-0.25, -0.2) is 0 Å². The van der Waals surface area contributed by atoms with Gasteiger partial charge in [0.2, 0.25) is 5.91 Å². The second kappa shape index (κ2) is 12.1. The van der Waals surface area contributed by atoms with E-state index in [-0.39, 0.29) is 0 Å². The summed E-state index contributed by atoms with van der Waals surface area (Å²) in [6, 6.07) is 10.7. The Labute approximate surface area is 160 Å². The largest absolute Gasteiger partial charge is 0.340 e. The van der Waals surface area contributed by atoms with E-state index in [1.165, 1.54) is 44.2 Å². The molecule has 1 saturated heterocycles. The summed E-state index contributed by atoms with van der Waals surface area (Å²) in [5.74, 6) is 1.17. The molecule has 1 aliphatic heterocycles. The molecule has 0 saturated carbocycles. The highest BCUT2D eigenvalue weighted by atomic mass is 16.2. The summed E-state index contributed by atoms with van der Waals surface area (Å²) < 4.78 is 0. The van der Waals surface area contributed by atoms with Gasteiger partial charge in [0.15, 0.2) is 0 Å². The molecule has 0 bridgehead atoms. The number of piperazine rings is 1. The van der Waals surface area contributed by atoms with E-state index in [1.54, 1.807) is 0 Å². The van der Waals surface area contributed by atoms with E-state index in [1.807, 2.05) is 0 Å². The first-order valence-corrected chi connectivity index (χ1v) is 10.7. The van der Waals surface area contributed by atoms with Crippen molar-refractivity contribution in [1.82, 2.24) is 9.80 Å². The van der Waals surface area contributed by atoms with Gasteiger partial charge in [0.1, 0.15) is 0 Å². The summed E-state index contributed by atoms with van der Waals surface area (Å²) in [5, 5.41) is 0. The van der Waals surface area contributed by atoms with Gasteiger partial charge >= 0.3 is 0 Å². The van der Waals surface area contributed by atoms with Gasteiger partial charge in [-0.1, -0.05) is 57.0 Å². The molecule has 146 valence electrons. The Morgan fingerprint density at radius 1 is 0.923 bits per heavy atom. The van der Waals surface area contributed by atoms with Gasteiger partial charge in [-0.2, -0.15) is 0 Å². The van der Waals surface area contributed by atoms with Gasteiger partial charge < -0.3 is 4.90 Å². The number of hydrogen-bond donors (Lipinski definition) is 0. The molecular weight excluding hydrogens is 320 g/mol. The molecule has 0 atom stereocenters. The molecule has 26 heavy (non-hydrogen) atoms. The number of carbonyl (C=O) groups excluding carboxylic acids is 1. The normalized spacial score (nSPS) is 15.6. The molecule has 2 rings (SSSR count). The molecule has 1 aromatic rings. The Hall–Kier alpha value is -1.35. The topological polar surface area (TPSA) is 23.6 Å². The average Bonchev–Trinajstić information content (AvgIpc) is 2.65. The van der Waals surface area contributed by atoms with Crippen LogP contribution in [0.5, 0.6) is 0 Å². The summed E-state index contributed by atoms with van der Waals surface area (Å²) in [7, 11) is 0. The molecule has 0 aromatic heterocycles. The molecule has 0 N–H and O–H groups in total. The third-order valence-electron chi connectivity index (χ3n) is 5.43. The van der Waals surface area contributed by atoms with Crippen LogP contribution >= 0.6 is 0 Å². The zero-order valence-corrected chi connectivity index (χ0v) is 17.0. The molecule has 1 aliphatic rings. The van der Waals surface area contributed by atoms with E-state index in [9.17, 15) is 4.79 Å². The molecule has 1 aromatic carbocycles. The molecule has 1 heterocycles. The lowest BCUT2D eigenvalue weighted by Crippen LogP contribution is -2.48. The minimum atomic E-state index is 0.370. The van der Waals surface area contributed by atoms with Crippen LogP contribution in [-0.4, -0.2) is 48.4 Å². The average molecular weight is 359 g/mol. The first-order valence-electron chi connectivity index (χ1n) is 10.7. The van der Waals surface area contributed by atoms with Crippen molar-refractivity contribution in [3.8, 4) is 0 Å². The first kappa shape index (κ1) is 21.0. The van der Waals surface area contributed by atoms with E-state index >= 15 is 0 Å². The number of amides is 1. The van der Waals surface area contributed by atoms with Crippen molar-refractivity contribution in [3.05, 3.63) is 35.9 Å². The molecule has 0 unspecified atom stereocenters. The SMILES string of the molecule is CC(C)CCCN1CCN(C(=O)CCCCCCc2ccccc2)CC1. The minimum Gasteiger partial charge on any atom is -0.340 e. The van der Waals surface area contributed by atoms with Crippen molar-refractivity contribution in [2.45, 2.75) is 65.2 Å². The van der Waals surface area contributed by atoms with Crippen molar-refractivity contribution in [2.24, 2.45) is 5.92 Å². The minimum absolute atomic E-state index is 0.370. The third-order valence-corrected chi connectivity index (χ3v) is 5.43. The standard InChI is InChI=1S/C23H38N2O/c1-21(2)11-10-16-24-17-19-25(20-18-24)23(26)15-9-4-3-6-12-22-13-7-5-8-14-22/h5,7-8,13-14,21H,3-4,6,9-12,15-20H2,1-2H3. The molecule has 0 radical (unpaired) electrons. The number of benzene rings is 1. The van der Waals surface area contributed by atoms with E-state index in [4.69, 9.17) is 0 Å². The Morgan fingerprint density at radius 2 is 1.62 bits per heavy atom. The fourth-order valence-corrected chi connectivity index (χ4v) is 3.71. The van der Waals surface area contributed by atoms with Crippen molar-refractivity contribution >= 4 is 5.91 Å². The van der Waals surface area contributed by atoms with Crippen LogP contribution in [0.25, 0.3) is 0 Å². The maximum atomic E-state index is 12.4. The second-order valence-electron chi connectivity index (χ2n) is 8.16. The van der Waals surface area contributed by atoms with Gasteiger partial charge in [0, 0.05) is 32.6 Å². The first-order chi connectivity index (χ1) is 12.6. The van der Waals surface area contributed by atoms with Crippen LogP contribution in [-0.2, 0) is 11.2 Å². The van der Waals surface area contributed by atoms with E-state index in [2.05, 4.69) is 54.0 Å². The molecule has 1 amide bonds. The number of hydrogen-bond acceptors (Lipinski definition) is 2. The van der Waals surface area contributed by atoms with Crippen molar-refractivity contribution in [2.75, 3.05) is 32.7 Å². The number of aryl methyl sites for hydroxylation is 1. The van der Waals surface area contributed by atoms with Crippen LogP contribution in [0, 0.1) is 5.92 Å². The molecule has 3 nitrogen and oxygen atoms in total. The highest BCUT2D eigenvalue weighted by Crippen LogP contribution is 2.12. The fourth-order valence-electron chi connectivity index (χ4n) is 3.71. The second-order valence-corrected chi connectivity index (χ2v) is 8.16. The van der Waals surface area contributed by atoms with Gasteiger partial charge in [0.05, 0.1) is 0 Å². The number of rotatable bonds is 11. The maximum Gasteiger partial charge on any atom is 0.222 e. The Balaban J connectivity index is 1.48. The molecule has 3 heteroatoms. The van der Waals surface area contributed by atoms with Gasteiger partial charge in [-0.15, -0.1) is 0 Å². The Bertz CT molecular complexity index is 492. The van der Waals surface area contributed by atoms with Crippen molar-refractivity contribution in [3.63, 3.8) is 0 Å². The fraction of sp³-hybridized carbons (Fsp3) is 0.696. The monoisotopic (exact) mass is 358 g/mol. The molecular formula is C23H38N2O. The molecule has 1 fully saturated rings. The number of unbranched alkanes of at least 4 members (excludes halogenated alkanes) is 3. The molecule has 0 aliphatic carbocycles. The summed E-state index contributed by atoms with van der Waals surface area (Å²) in [6.45, 7) is 9.74. The highest BCUT2D eigenvalue weighted by molar-refractivity contribution is 5.76. The maximum absolute atomic E-state index is 12.4. The lowest BCUT2D eigenvalue weighted by atomic mass is 10.1.